The SMILES string of the molecule is CCC(=O)N1CCCC(c2nc(NCCN(C)C)cc(Nc3cccc(F)c3)n2)C1. The van der Waals surface area contributed by atoms with Gasteiger partial charge in [-0.3, -0.25) is 4.79 Å². The molecule has 0 spiro atoms. The molecule has 1 atom stereocenters. The first-order chi connectivity index (χ1) is 14.4. The van der Waals surface area contributed by atoms with Crippen molar-refractivity contribution < 1.29 is 9.18 Å². The zero-order valence-corrected chi connectivity index (χ0v) is 18.0. The van der Waals surface area contributed by atoms with Crippen molar-refractivity contribution in [1.82, 2.24) is 19.8 Å². The van der Waals surface area contributed by atoms with Gasteiger partial charge in [-0.2, -0.15) is 0 Å². The minimum atomic E-state index is -0.306. The predicted octanol–water partition coefficient (Wildman–Crippen LogP) is 3.45. The highest BCUT2D eigenvalue weighted by atomic mass is 19.1. The van der Waals surface area contributed by atoms with Crippen LogP contribution in [0.1, 0.15) is 37.9 Å². The second-order valence-electron chi connectivity index (χ2n) is 7.89. The van der Waals surface area contributed by atoms with E-state index >= 15 is 0 Å². The minimum Gasteiger partial charge on any atom is -0.369 e. The summed E-state index contributed by atoms with van der Waals surface area (Å²) in [4.78, 5) is 25.6. The largest absolute Gasteiger partial charge is 0.369 e. The standard InChI is InChI=1S/C22H31FN6O/c1-4-21(30)29-11-6-7-16(15-29)22-26-19(24-10-12-28(2)3)14-20(27-22)25-18-9-5-8-17(23)13-18/h5,8-9,13-14,16H,4,6-7,10-12,15H2,1-3H3,(H2,24,25,26,27). The lowest BCUT2D eigenvalue weighted by molar-refractivity contribution is -0.132. The first-order valence-electron chi connectivity index (χ1n) is 10.5. The van der Waals surface area contributed by atoms with Gasteiger partial charge in [0.1, 0.15) is 23.3 Å². The third kappa shape index (κ3) is 6.13. The van der Waals surface area contributed by atoms with Crippen molar-refractivity contribution in [3.8, 4) is 0 Å². The van der Waals surface area contributed by atoms with Gasteiger partial charge in [-0.15, -0.1) is 0 Å². The van der Waals surface area contributed by atoms with Crippen molar-refractivity contribution in [2.24, 2.45) is 0 Å². The molecule has 1 saturated heterocycles. The number of halogens is 1. The molecule has 0 radical (unpaired) electrons. The smallest absolute Gasteiger partial charge is 0.222 e. The van der Waals surface area contributed by atoms with Gasteiger partial charge in [0.25, 0.3) is 0 Å². The Bertz CT molecular complexity index is 859. The fourth-order valence-electron chi connectivity index (χ4n) is 3.56. The van der Waals surface area contributed by atoms with Crippen LogP contribution in [0.3, 0.4) is 0 Å². The van der Waals surface area contributed by atoms with Crippen LogP contribution in [0, 0.1) is 5.82 Å². The van der Waals surface area contributed by atoms with E-state index in [2.05, 4.69) is 15.5 Å². The Morgan fingerprint density at radius 3 is 2.80 bits per heavy atom. The molecule has 1 aromatic heterocycles. The number of likely N-dealkylation sites (tertiary alicyclic amines) is 1. The predicted molar refractivity (Wildman–Crippen MR) is 118 cm³/mol. The molecule has 1 aliphatic heterocycles. The van der Waals surface area contributed by atoms with E-state index in [0.717, 1.165) is 38.3 Å². The van der Waals surface area contributed by atoms with Gasteiger partial charge in [0.05, 0.1) is 0 Å². The minimum absolute atomic E-state index is 0.0814. The quantitative estimate of drug-likeness (QED) is 0.689. The molecule has 3 rings (SSSR count). The maximum Gasteiger partial charge on any atom is 0.222 e. The van der Waals surface area contributed by atoms with Gasteiger partial charge in [0.2, 0.25) is 5.91 Å². The van der Waals surface area contributed by atoms with E-state index in [-0.39, 0.29) is 17.6 Å². The summed E-state index contributed by atoms with van der Waals surface area (Å²) in [6.07, 6.45) is 2.38. The first-order valence-corrected chi connectivity index (χ1v) is 10.5. The average Bonchev–Trinajstić information content (AvgIpc) is 2.73. The van der Waals surface area contributed by atoms with Crippen LogP contribution in [0.4, 0.5) is 21.7 Å². The summed E-state index contributed by atoms with van der Waals surface area (Å²) in [5, 5.41) is 6.54. The molecule has 0 saturated carbocycles. The highest BCUT2D eigenvalue weighted by Gasteiger charge is 2.26. The number of benzene rings is 1. The number of nitrogens with one attached hydrogen (secondary N) is 2. The van der Waals surface area contributed by atoms with Crippen molar-refractivity contribution in [2.45, 2.75) is 32.1 Å². The summed E-state index contributed by atoms with van der Waals surface area (Å²) in [5.74, 6) is 1.98. The number of hydrogen-bond donors (Lipinski definition) is 2. The molecule has 0 aliphatic carbocycles. The number of piperidine rings is 1. The summed E-state index contributed by atoms with van der Waals surface area (Å²) in [7, 11) is 4.04. The van der Waals surface area contributed by atoms with E-state index in [1.807, 2.05) is 32.0 Å². The van der Waals surface area contributed by atoms with Crippen LogP contribution >= 0.6 is 0 Å². The number of anilines is 3. The number of rotatable bonds is 8. The maximum atomic E-state index is 13.6. The van der Waals surface area contributed by atoms with Crippen LogP contribution < -0.4 is 10.6 Å². The molecule has 1 unspecified atom stereocenters. The molecule has 30 heavy (non-hydrogen) atoms. The lowest BCUT2D eigenvalue weighted by Gasteiger charge is -2.32. The number of aromatic nitrogens is 2. The van der Waals surface area contributed by atoms with E-state index in [4.69, 9.17) is 9.97 Å². The van der Waals surface area contributed by atoms with E-state index in [9.17, 15) is 9.18 Å². The Hall–Kier alpha value is -2.74. The number of carbonyl (C=O) groups excluding carboxylic acids is 1. The van der Waals surface area contributed by atoms with Crippen LogP contribution in [-0.4, -0.2) is 65.9 Å². The molecule has 1 fully saturated rings. The molecule has 1 aromatic carbocycles. The number of carbonyl (C=O) groups is 1. The Kier molecular flexibility index (Phi) is 7.57. The Balaban J connectivity index is 1.83. The van der Waals surface area contributed by atoms with Crippen LogP contribution in [0.2, 0.25) is 0 Å². The molecule has 162 valence electrons. The summed E-state index contributed by atoms with van der Waals surface area (Å²) in [5.41, 5.74) is 0.630. The maximum absolute atomic E-state index is 13.6. The normalized spacial score (nSPS) is 16.6. The highest BCUT2D eigenvalue weighted by molar-refractivity contribution is 5.76. The number of amides is 1. The first kappa shape index (κ1) is 22.0. The molecule has 8 heteroatoms. The van der Waals surface area contributed by atoms with Crippen LogP contribution in [0.25, 0.3) is 0 Å². The van der Waals surface area contributed by atoms with E-state index in [1.165, 1.54) is 12.1 Å². The van der Waals surface area contributed by atoms with Gasteiger partial charge in [0.15, 0.2) is 0 Å². The lowest BCUT2D eigenvalue weighted by Crippen LogP contribution is -2.39. The van der Waals surface area contributed by atoms with Crippen molar-refractivity contribution in [2.75, 3.05) is 50.9 Å². The number of hydrogen-bond acceptors (Lipinski definition) is 6. The van der Waals surface area contributed by atoms with Gasteiger partial charge in [-0.1, -0.05) is 13.0 Å². The van der Waals surface area contributed by atoms with Crippen LogP contribution in [0.15, 0.2) is 30.3 Å². The Morgan fingerprint density at radius 2 is 2.07 bits per heavy atom. The lowest BCUT2D eigenvalue weighted by atomic mass is 9.97. The molecule has 0 bridgehead atoms. The van der Waals surface area contributed by atoms with Gasteiger partial charge in [0, 0.05) is 50.3 Å². The highest BCUT2D eigenvalue weighted by Crippen LogP contribution is 2.28. The Labute approximate surface area is 177 Å². The molecule has 1 amide bonds. The van der Waals surface area contributed by atoms with Crippen molar-refractivity contribution >= 4 is 23.2 Å². The van der Waals surface area contributed by atoms with E-state index in [0.29, 0.717) is 30.3 Å². The topological polar surface area (TPSA) is 73.4 Å². The summed E-state index contributed by atoms with van der Waals surface area (Å²) in [6.45, 7) is 4.92. The molecular formula is C22H31FN6O. The molecule has 7 nitrogen and oxygen atoms in total. The third-order valence-electron chi connectivity index (χ3n) is 5.15. The Morgan fingerprint density at radius 1 is 1.27 bits per heavy atom. The molecule has 2 heterocycles. The average molecular weight is 415 g/mol. The van der Waals surface area contributed by atoms with Gasteiger partial charge >= 0.3 is 0 Å². The molecule has 1 aliphatic rings. The van der Waals surface area contributed by atoms with Crippen molar-refractivity contribution in [1.29, 1.82) is 0 Å². The molecular weight excluding hydrogens is 383 g/mol. The fourth-order valence-corrected chi connectivity index (χ4v) is 3.56. The molecule has 2 N–H and O–H groups in total. The van der Waals surface area contributed by atoms with Crippen molar-refractivity contribution in [3.05, 3.63) is 42.0 Å². The van der Waals surface area contributed by atoms with Gasteiger partial charge < -0.3 is 20.4 Å². The number of nitrogens with zero attached hydrogens (tertiary/aromatic N) is 4. The van der Waals surface area contributed by atoms with Gasteiger partial charge in [-0.05, 0) is 45.1 Å². The number of likely N-dealkylation sites (N-methyl/N-ethyl adjacent to an activating group) is 1. The van der Waals surface area contributed by atoms with Crippen molar-refractivity contribution in [3.63, 3.8) is 0 Å². The van der Waals surface area contributed by atoms with Crippen LogP contribution in [0.5, 0.6) is 0 Å². The third-order valence-corrected chi connectivity index (χ3v) is 5.15. The molecule has 2 aromatic rings. The summed E-state index contributed by atoms with van der Waals surface area (Å²) < 4.78 is 13.6. The summed E-state index contributed by atoms with van der Waals surface area (Å²) >= 11 is 0. The van der Waals surface area contributed by atoms with E-state index in [1.54, 1.807) is 12.1 Å². The zero-order chi connectivity index (χ0) is 21.5. The monoisotopic (exact) mass is 414 g/mol. The summed E-state index contributed by atoms with van der Waals surface area (Å²) in [6, 6.07) is 8.13. The second kappa shape index (κ2) is 10.3. The fraction of sp³-hybridized carbons (Fsp3) is 0.500. The zero-order valence-electron chi connectivity index (χ0n) is 18.0. The van der Waals surface area contributed by atoms with Crippen LogP contribution in [-0.2, 0) is 4.79 Å². The van der Waals surface area contributed by atoms with Gasteiger partial charge in [-0.25, -0.2) is 14.4 Å². The van der Waals surface area contributed by atoms with E-state index < -0.39 is 0 Å². The second-order valence-corrected chi connectivity index (χ2v) is 7.89.